The number of carbonyl (C=O) groups excluding carboxylic acids is 2. The number of hydrogen-bond donors (Lipinski definition) is 3. The molecule has 0 saturated heterocycles. The second-order valence-corrected chi connectivity index (χ2v) is 9.44. The minimum Gasteiger partial charge on any atom is -0.787 e. The predicted octanol–water partition coefficient (Wildman–Crippen LogP) is -0.796. The minimum atomic E-state index is -4.23. The molecule has 1 aromatic carbocycles. The molecule has 0 aromatic heterocycles. The summed E-state index contributed by atoms with van der Waals surface area (Å²) in [7, 11) is -4.23. The van der Waals surface area contributed by atoms with Crippen molar-refractivity contribution in [1.82, 2.24) is 15.7 Å². The summed E-state index contributed by atoms with van der Waals surface area (Å²) in [5, 5.41) is 7.35. The van der Waals surface area contributed by atoms with Crippen LogP contribution in [0, 0.1) is 11.8 Å². The monoisotopic (exact) mass is 419 g/mol. The summed E-state index contributed by atoms with van der Waals surface area (Å²) in [4.78, 5) is 36.4. The Morgan fingerprint density at radius 1 is 1.07 bits per heavy atom. The van der Waals surface area contributed by atoms with Crippen molar-refractivity contribution >= 4 is 19.5 Å². The van der Waals surface area contributed by atoms with Crippen molar-refractivity contribution in [2.75, 3.05) is 12.8 Å². The molecule has 158 valence electrons. The molecule has 8 nitrogen and oxygen atoms in total. The van der Waals surface area contributed by atoms with E-state index in [1.165, 1.54) is 0 Å². The van der Waals surface area contributed by atoms with Gasteiger partial charge in [-0.1, -0.05) is 58.0 Å². The molecule has 0 saturated carbocycles. The van der Waals surface area contributed by atoms with Crippen molar-refractivity contribution in [3.05, 3.63) is 35.9 Å². The van der Waals surface area contributed by atoms with Gasteiger partial charge < -0.3 is 24.8 Å². The zero-order valence-corrected chi connectivity index (χ0v) is 18.8. The number of hydrogen-bond acceptors (Lipinski definition) is 5. The molecular formula is C19H31LiN3O5P. The van der Waals surface area contributed by atoms with Crippen molar-refractivity contribution < 1.29 is 42.6 Å². The Labute approximate surface area is 185 Å². The van der Waals surface area contributed by atoms with Gasteiger partial charge in [0.15, 0.2) is 0 Å². The van der Waals surface area contributed by atoms with E-state index in [1.807, 2.05) is 45.9 Å². The third-order valence-electron chi connectivity index (χ3n) is 3.70. The van der Waals surface area contributed by atoms with E-state index in [1.54, 1.807) is 12.1 Å². The van der Waals surface area contributed by atoms with Gasteiger partial charge in [0.1, 0.15) is 6.61 Å². The second-order valence-electron chi connectivity index (χ2n) is 7.52. The molecule has 0 heterocycles. The Bertz CT molecular complexity index is 673. The van der Waals surface area contributed by atoms with Crippen LogP contribution in [0.3, 0.4) is 0 Å². The van der Waals surface area contributed by atoms with E-state index in [2.05, 4.69) is 15.7 Å². The van der Waals surface area contributed by atoms with Crippen LogP contribution in [0.15, 0.2) is 30.3 Å². The van der Waals surface area contributed by atoms with Crippen molar-refractivity contribution in [2.24, 2.45) is 11.8 Å². The van der Waals surface area contributed by atoms with Crippen LogP contribution in [0.1, 0.15) is 39.7 Å². The van der Waals surface area contributed by atoms with E-state index in [-0.39, 0.29) is 43.2 Å². The van der Waals surface area contributed by atoms with Gasteiger partial charge in [-0.15, -0.1) is 0 Å². The number of nitrogens with one attached hydrogen (secondary N) is 3. The van der Waals surface area contributed by atoms with Gasteiger partial charge in [0.25, 0.3) is 0 Å². The first-order chi connectivity index (χ1) is 13.1. The van der Waals surface area contributed by atoms with Crippen molar-refractivity contribution in [2.45, 2.75) is 46.8 Å². The van der Waals surface area contributed by atoms with Gasteiger partial charge in [-0.3, -0.25) is 9.88 Å². The molecule has 0 aliphatic carbocycles. The van der Waals surface area contributed by atoms with Crippen LogP contribution in [0.4, 0.5) is 4.79 Å². The minimum absolute atomic E-state index is 0. The van der Waals surface area contributed by atoms with Crippen LogP contribution >= 0.6 is 7.52 Å². The van der Waals surface area contributed by atoms with Gasteiger partial charge in [0.05, 0.1) is 19.8 Å². The van der Waals surface area contributed by atoms with Crippen molar-refractivity contribution in [3.8, 4) is 0 Å². The van der Waals surface area contributed by atoms with Gasteiger partial charge in [-0.25, -0.2) is 4.79 Å². The molecule has 1 aromatic rings. The molecule has 0 bridgehead atoms. The van der Waals surface area contributed by atoms with Crippen LogP contribution < -0.4 is 39.5 Å². The quantitative estimate of drug-likeness (QED) is 0.319. The fraction of sp³-hybridized carbons (Fsp3) is 0.579. The molecular weight excluding hydrogens is 388 g/mol. The fourth-order valence-electron chi connectivity index (χ4n) is 2.34. The zero-order valence-electron chi connectivity index (χ0n) is 17.9. The number of benzene rings is 1. The number of carbonyl (C=O) groups is 2. The summed E-state index contributed by atoms with van der Waals surface area (Å²) < 4.78 is 17.3. The largest absolute Gasteiger partial charge is 1.00 e. The van der Waals surface area contributed by atoms with Gasteiger partial charge >= 0.3 is 25.0 Å². The Morgan fingerprint density at radius 3 is 2.24 bits per heavy atom. The van der Waals surface area contributed by atoms with Crippen molar-refractivity contribution in [1.29, 1.82) is 0 Å². The first-order valence-electron chi connectivity index (χ1n) is 9.39. The van der Waals surface area contributed by atoms with Crippen LogP contribution in [0.2, 0.25) is 0 Å². The molecule has 2 atom stereocenters. The van der Waals surface area contributed by atoms with E-state index in [4.69, 9.17) is 4.74 Å². The maximum absolute atomic E-state index is 12.3. The van der Waals surface area contributed by atoms with Crippen LogP contribution in [-0.4, -0.2) is 30.9 Å². The standard InChI is InChI=1S/C19H32N3O5P.Li/c1-14(2)10-17(18(23)20-11-15(3)4)22-28(25,26)13-21-19(24)27-12-16-8-6-5-7-9-16;/h5-9,14-15,17H,10-13H2,1-4H3,(H,20,23)(H,21,24)(H2,22,25,26);/q;+1/p-1/t17-;/m0./s1. The fourth-order valence-corrected chi connectivity index (χ4v) is 3.47. The predicted molar refractivity (Wildman–Crippen MR) is 106 cm³/mol. The summed E-state index contributed by atoms with van der Waals surface area (Å²) in [6.07, 6.45) is -1.13. The summed E-state index contributed by atoms with van der Waals surface area (Å²) in [5.74, 6) is -0.0000151. The molecule has 0 aliphatic rings. The Hall–Kier alpha value is -1.29. The SMILES string of the molecule is CC(C)CNC(=O)[C@H](CC(C)C)NP(=O)([O-])CNC(=O)OCc1ccccc1.[Li+]. The average molecular weight is 419 g/mol. The maximum Gasteiger partial charge on any atom is 1.00 e. The molecule has 1 rings (SSSR count). The third-order valence-corrected chi connectivity index (χ3v) is 4.98. The Morgan fingerprint density at radius 2 is 1.69 bits per heavy atom. The maximum atomic E-state index is 12.3. The van der Waals surface area contributed by atoms with Gasteiger partial charge in [0, 0.05) is 6.54 Å². The first kappa shape index (κ1) is 27.7. The van der Waals surface area contributed by atoms with E-state index >= 15 is 0 Å². The Balaban J connectivity index is 0.00000784. The molecule has 10 heteroatoms. The van der Waals surface area contributed by atoms with E-state index < -0.39 is 25.9 Å². The average Bonchev–Trinajstić information content (AvgIpc) is 2.62. The second kappa shape index (κ2) is 13.8. The number of alkyl carbamates (subject to hydrolysis) is 1. The summed E-state index contributed by atoms with van der Waals surface area (Å²) in [6.45, 7) is 8.21. The van der Waals surface area contributed by atoms with E-state index in [0.29, 0.717) is 13.0 Å². The molecule has 1 unspecified atom stereocenters. The van der Waals surface area contributed by atoms with Crippen LogP contribution in [-0.2, 0) is 20.7 Å². The van der Waals surface area contributed by atoms with E-state index in [0.717, 1.165) is 5.56 Å². The normalized spacial score (nSPS) is 13.9. The molecule has 3 N–H and O–H groups in total. The molecule has 0 spiro atoms. The van der Waals surface area contributed by atoms with E-state index in [9.17, 15) is 19.0 Å². The molecule has 0 radical (unpaired) electrons. The summed E-state index contributed by atoms with van der Waals surface area (Å²) in [5.41, 5.74) is 0.792. The van der Waals surface area contributed by atoms with Crippen LogP contribution in [0.25, 0.3) is 0 Å². The molecule has 29 heavy (non-hydrogen) atoms. The third kappa shape index (κ3) is 12.8. The number of ether oxygens (including phenoxy) is 1. The van der Waals surface area contributed by atoms with Gasteiger partial charge in [-0.05, 0) is 23.8 Å². The molecule has 0 fully saturated rings. The van der Waals surface area contributed by atoms with Gasteiger partial charge in [0.2, 0.25) is 5.91 Å². The Kier molecular flexibility index (Phi) is 13.2. The van der Waals surface area contributed by atoms with Crippen LogP contribution in [0.5, 0.6) is 0 Å². The number of rotatable bonds is 11. The molecule has 0 aliphatic heterocycles. The smallest absolute Gasteiger partial charge is 0.787 e. The number of amides is 2. The zero-order chi connectivity index (χ0) is 21.2. The summed E-state index contributed by atoms with van der Waals surface area (Å²) in [6, 6.07) is 8.16. The topological polar surface area (TPSA) is 120 Å². The molecule has 2 amide bonds. The van der Waals surface area contributed by atoms with Gasteiger partial charge in [-0.2, -0.15) is 0 Å². The first-order valence-corrected chi connectivity index (χ1v) is 11.2. The summed E-state index contributed by atoms with van der Waals surface area (Å²) >= 11 is 0. The van der Waals surface area contributed by atoms with Crippen molar-refractivity contribution in [3.63, 3.8) is 0 Å².